The van der Waals surface area contributed by atoms with E-state index in [0.717, 1.165) is 36.3 Å². The highest BCUT2D eigenvalue weighted by Gasteiger charge is 2.10. The van der Waals surface area contributed by atoms with Crippen LogP contribution < -0.4 is 5.32 Å². The molecule has 1 aromatic rings. The Morgan fingerprint density at radius 2 is 2.24 bits per heavy atom. The van der Waals surface area contributed by atoms with Gasteiger partial charge in [-0.3, -0.25) is 4.79 Å². The van der Waals surface area contributed by atoms with E-state index in [-0.39, 0.29) is 12.5 Å². The molecule has 0 unspecified atom stereocenters. The van der Waals surface area contributed by atoms with Crippen LogP contribution in [-0.4, -0.2) is 37.9 Å². The number of hydrogen-bond acceptors (Lipinski definition) is 4. The van der Waals surface area contributed by atoms with Crippen molar-refractivity contribution >= 4 is 17.2 Å². The smallest absolute Gasteiger partial charge is 0.261 e. The van der Waals surface area contributed by atoms with Crippen molar-refractivity contribution in [1.29, 1.82) is 0 Å². The highest BCUT2D eigenvalue weighted by molar-refractivity contribution is 7.14. The average Bonchev–Trinajstić information content (AvgIpc) is 2.84. The molecule has 0 fully saturated rings. The van der Waals surface area contributed by atoms with Gasteiger partial charge in [-0.25, -0.2) is 0 Å². The summed E-state index contributed by atoms with van der Waals surface area (Å²) in [6, 6.07) is 1.87. The van der Waals surface area contributed by atoms with E-state index in [4.69, 9.17) is 9.84 Å². The van der Waals surface area contributed by atoms with Crippen LogP contribution in [0.15, 0.2) is 6.07 Å². The molecule has 0 aliphatic carbocycles. The summed E-state index contributed by atoms with van der Waals surface area (Å²) in [6.07, 6.45) is 3.49. The zero-order valence-electron chi connectivity index (χ0n) is 12.7. The zero-order valence-corrected chi connectivity index (χ0v) is 13.5. The van der Waals surface area contributed by atoms with Crippen molar-refractivity contribution in [3.8, 4) is 11.8 Å². The molecule has 0 spiro atoms. The lowest BCUT2D eigenvalue weighted by molar-refractivity contribution is 0.0956. The Morgan fingerprint density at radius 3 is 2.95 bits per heavy atom. The van der Waals surface area contributed by atoms with Gasteiger partial charge in [-0.15, -0.1) is 11.3 Å². The van der Waals surface area contributed by atoms with Crippen LogP contribution in [0.25, 0.3) is 0 Å². The molecule has 0 saturated heterocycles. The molecule has 5 heteroatoms. The van der Waals surface area contributed by atoms with Crippen LogP contribution in [-0.2, 0) is 4.74 Å². The number of aliphatic hydroxyl groups is 1. The minimum atomic E-state index is -0.0370. The SMILES string of the molecule is COCCCCCNC(=O)c1cc(C)c(C#CCCO)s1. The number of carbonyl (C=O) groups is 1. The normalized spacial score (nSPS) is 10.0. The van der Waals surface area contributed by atoms with Gasteiger partial charge in [-0.05, 0) is 37.8 Å². The summed E-state index contributed by atoms with van der Waals surface area (Å²) in [6.45, 7) is 3.47. The fraction of sp³-hybridized carbons (Fsp3) is 0.562. The molecule has 0 saturated carbocycles. The Balaban J connectivity index is 2.41. The van der Waals surface area contributed by atoms with Crippen LogP contribution in [0.4, 0.5) is 0 Å². The third-order valence-corrected chi connectivity index (χ3v) is 4.04. The van der Waals surface area contributed by atoms with Crippen LogP contribution >= 0.6 is 11.3 Å². The van der Waals surface area contributed by atoms with Crippen molar-refractivity contribution in [1.82, 2.24) is 5.32 Å². The van der Waals surface area contributed by atoms with Gasteiger partial charge in [-0.1, -0.05) is 11.8 Å². The predicted molar refractivity (Wildman–Crippen MR) is 85.7 cm³/mol. The second-order valence-corrected chi connectivity index (χ2v) is 5.76. The first kappa shape index (κ1) is 17.7. The lowest BCUT2D eigenvalue weighted by atomic mass is 10.2. The Morgan fingerprint density at radius 1 is 1.43 bits per heavy atom. The molecule has 0 bridgehead atoms. The topological polar surface area (TPSA) is 58.6 Å². The number of rotatable bonds is 8. The summed E-state index contributed by atoms with van der Waals surface area (Å²) in [5.74, 6) is 5.84. The van der Waals surface area contributed by atoms with Crippen molar-refractivity contribution in [3.05, 3.63) is 21.4 Å². The monoisotopic (exact) mass is 309 g/mol. The number of aliphatic hydroxyl groups excluding tert-OH is 1. The van der Waals surface area contributed by atoms with E-state index in [9.17, 15) is 4.79 Å². The minimum absolute atomic E-state index is 0.0370. The van der Waals surface area contributed by atoms with E-state index in [2.05, 4.69) is 17.2 Å². The molecule has 0 aliphatic heterocycles. The number of hydrogen-bond donors (Lipinski definition) is 2. The van der Waals surface area contributed by atoms with E-state index < -0.39 is 0 Å². The van der Waals surface area contributed by atoms with E-state index >= 15 is 0 Å². The van der Waals surface area contributed by atoms with Gasteiger partial charge in [0.25, 0.3) is 5.91 Å². The molecule has 1 aromatic heterocycles. The van der Waals surface area contributed by atoms with Crippen molar-refractivity contribution in [3.63, 3.8) is 0 Å². The molecule has 0 radical (unpaired) electrons. The molecule has 116 valence electrons. The molecule has 4 nitrogen and oxygen atoms in total. The van der Waals surface area contributed by atoms with Gasteiger partial charge in [0, 0.05) is 26.7 Å². The number of unbranched alkanes of at least 4 members (excludes halogenated alkanes) is 2. The second kappa shape index (κ2) is 10.4. The first-order valence-corrected chi connectivity index (χ1v) is 7.98. The van der Waals surface area contributed by atoms with Gasteiger partial charge in [0.1, 0.15) is 0 Å². The van der Waals surface area contributed by atoms with Crippen LogP contribution in [0, 0.1) is 18.8 Å². The van der Waals surface area contributed by atoms with Crippen LogP contribution in [0.5, 0.6) is 0 Å². The van der Waals surface area contributed by atoms with Crippen molar-refractivity contribution in [2.45, 2.75) is 32.6 Å². The summed E-state index contributed by atoms with van der Waals surface area (Å²) in [5.41, 5.74) is 1.01. The number of thiophene rings is 1. The number of ether oxygens (including phenoxy) is 1. The van der Waals surface area contributed by atoms with Gasteiger partial charge in [0.2, 0.25) is 0 Å². The van der Waals surface area contributed by atoms with Gasteiger partial charge >= 0.3 is 0 Å². The lowest BCUT2D eigenvalue weighted by Gasteiger charge is -2.03. The van der Waals surface area contributed by atoms with E-state index in [0.29, 0.717) is 17.8 Å². The largest absolute Gasteiger partial charge is 0.395 e. The average molecular weight is 309 g/mol. The summed E-state index contributed by atoms with van der Waals surface area (Å²) in [7, 11) is 1.70. The maximum atomic E-state index is 12.0. The zero-order chi connectivity index (χ0) is 15.5. The predicted octanol–water partition coefficient (Wildman–Crippen LogP) is 2.34. The second-order valence-electron chi connectivity index (χ2n) is 4.71. The summed E-state index contributed by atoms with van der Waals surface area (Å²) < 4.78 is 4.98. The molecule has 0 atom stereocenters. The van der Waals surface area contributed by atoms with Crippen LogP contribution in [0.1, 0.15) is 45.8 Å². The van der Waals surface area contributed by atoms with Crippen molar-refractivity contribution in [2.24, 2.45) is 0 Å². The van der Waals surface area contributed by atoms with Crippen LogP contribution in [0.3, 0.4) is 0 Å². The highest BCUT2D eigenvalue weighted by atomic mass is 32.1. The van der Waals surface area contributed by atoms with E-state index in [1.807, 2.05) is 13.0 Å². The number of carbonyl (C=O) groups excluding carboxylic acids is 1. The number of amides is 1. The Labute approximate surface area is 130 Å². The number of aryl methyl sites for hydroxylation is 1. The molecule has 1 heterocycles. The molecule has 2 N–H and O–H groups in total. The van der Waals surface area contributed by atoms with Crippen molar-refractivity contribution in [2.75, 3.05) is 26.9 Å². The summed E-state index contributed by atoms with van der Waals surface area (Å²) in [4.78, 5) is 13.6. The fourth-order valence-corrected chi connectivity index (χ4v) is 2.72. The van der Waals surface area contributed by atoms with Crippen molar-refractivity contribution < 1.29 is 14.6 Å². The highest BCUT2D eigenvalue weighted by Crippen LogP contribution is 2.20. The Hall–Kier alpha value is -1.35. The molecule has 0 aromatic carbocycles. The number of nitrogens with one attached hydrogen (secondary N) is 1. The minimum Gasteiger partial charge on any atom is -0.395 e. The molecule has 1 amide bonds. The molecular formula is C16H23NO3S. The van der Waals surface area contributed by atoms with Gasteiger partial charge in [0.15, 0.2) is 0 Å². The van der Waals surface area contributed by atoms with E-state index in [1.165, 1.54) is 11.3 Å². The molecule has 1 rings (SSSR count). The molecule has 0 aliphatic rings. The van der Waals surface area contributed by atoms with Gasteiger partial charge < -0.3 is 15.2 Å². The molecule has 21 heavy (non-hydrogen) atoms. The third-order valence-electron chi connectivity index (χ3n) is 2.89. The van der Waals surface area contributed by atoms with E-state index in [1.54, 1.807) is 7.11 Å². The molecular weight excluding hydrogens is 286 g/mol. The van der Waals surface area contributed by atoms with Gasteiger partial charge in [-0.2, -0.15) is 0 Å². The lowest BCUT2D eigenvalue weighted by Crippen LogP contribution is -2.23. The Bertz CT molecular complexity index is 499. The first-order chi connectivity index (χ1) is 10.2. The summed E-state index contributed by atoms with van der Waals surface area (Å²) in [5, 5.41) is 11.6. The summed E-state index contributed by atoms with van der Waals surface area (Å²) >= 11 is 1.40. The maximum Gasteiger partial charge on any atom is 0.261 e. The van der Waals surface area contributed by atoms with Crippen LogP contribution in [0.2, 0.25) is 0 Å². The van der Waals surface area contributed by atoms with Gasteiger partial charge in [0.05, 0.1) is 16.4 Å². The number of methoxy groups -OCH3 is 1. The fourth-order valence-electron chi connectivity index (χ4n) is 1.75. The quantitative estimate of drug-likeness (QED) is 0.572. The Kier molecular flexibility index (Phi) is 8.76. The maximum absolute atomic E-state index is 12.0. The third kappa shape index (κ3) is 6.76. The standard InChI is InChI=1S/C16H23NO3S/c1-13-12-15(21-14(13)8-4-6-10-18)16(19)17-9-5-3-7-11-20-2/h12,18H,3,5-7,9-11H2,1-2H3,(H,17,19). The first-order valence-electron chi connectivity index (χ1n) is 7.16.